The van der Waals surface area contributed by atoms with Crippen molar-refractivity contribution in [3.63, 3.8) is 0 Å². The smallest absolute Gasteiger partial charge is 0.274 e. The molecule has 6 rings (SSSR count). The minimum atomic E-state index is -0.0622. The standard InChI is InChI=1S/C47H60BN3/c1-15-16-17-39-43(49-14)48-37-28-33(46(8,9)10)22-27-38(37)50(35-23-18-31(19-24-35)44(2,3)4)40-29-34(47(11,12)13)30-41(42(40)48)51(39)36-25-20-32(21-26-36)45(5,6)7/h17-30H,15-16H2,1-14H3/b39-17+,49-43+. The van der Waals surface area contributed by atoms with E-state index in [-0.39, 0.29) is 28.4 Å². The van der Waals surface area contributed by atoms with E-state index >= 15 is 0 Å². The van der Waals surface area contributed by atoms with Gasteiger partial charge in [0.25, 0.3) is 6.71 Å². The van der Waals surface area contributed by atoms with Gasteiger partial charge in [0.15, 0.2) is 0 Å². The molecule has 0 bridgehead atoms. The van der Waals surface area contributed by atoms with E-state index in [0.717, 1.165) is 18.5 Å². The Labute approximate surface area is 310 Å². The number of anilines is 5. The maximum absolute atomic E-state index is 5.23. The SMILES string of the molecule is CCC/C=C1\C(=N/C)B2c3cc(C(C)(C)C)ccc3N(c3ccc(C(C)(C)C)cc3)c3cc(C(C)(C)C)cc(c32)N1c1ccc(C(C)(C)C)cc1. The normalized spacial score (nSPS) is 16.5. The number of unbranched alkanes of at least 4 members (excludes halogenated alkanes) is 1. The van der Waals surface area contributed by atoms with Crippen molar-refractivity contribution in [3.05, 3.63) is 113 Å². The van der Waals surface area contributed by atoms with Crippen LogP contribution in [0.3, 0.4) is 0 Å². The molecular formula is C47H60BN3. The van der Waals surface area contributed by atoms with E-state index < -0.39 is 0 Å². The fraction of sp³-hybridized carbons (Fsp3) is 0.426. The molecule has 0 radical (unpaired) electrons. The molecular weight excluding hydrogens is 617 g/mol. The Morgan fingerprint density at radius 2 is 1.00 bits per heavy atom. The Bertz CT molecular complexity index is 1990. The molecule has 0 atom stereocenters. The highest BCUT2D eigenvalue weighted by Crippen LogP contribution is 2.46. The second kappa shape index (κ2) is 12.9. The van der Waals surface area contributed by atoms with E-state index in [0.29, 0.717) is 0 Å². The number of fused-ring (bicyclic) bond motifs is 2. The van der Waals surface area contributed by atoms with Gasteiger partial charge in [-0.25, -0.2) is 0 Å². The quantitative estimate of drug-likeness (QED) is 0.200. The number of benzene rings is 4. The van der Waals surface area contributed by atoms with Crippen LogP contribution < -0.4 is 20.7 Å². The Morgan fingerprint density at radius 1 is 0.549 bits per heavy atom. The lowest BCUT2D eigenvalue weighted by molar-refractivity contribution is 0.589. The molecule has 2 aliphatic rings. The fourth-order valence-corrected chi connectivity index (χ4v) is 7.64. The second-order valence-corrected chi connectivity index (χ2v) is 18.9. The summed E-state index contributed by atoms with van der Waals surface area (Å²) in [5.41, 5.74) is 16.5. The summed E-state index contributed by atoms with van der Waals surface area (Å²) in [6.07, 6.45) is 4.50. The first-order valence-corrected chi connectivity index (χ1v) is 19.1. The fourth-order valence-electron chi connectivity index (χ4n) is 7.64. The molecule has 3 nitrogen and oxygen atoms in total. The van der Waals surface area contributed by atoms with Crippen molar-refractivity contribution in [1.82, 2.24) is 0 Å². The maximum Gasteiger partial charge on any atom is 0.274 e. The predicted molar refractivity (Wildman–Crippen MR) is 226 cm³/mol. The molecule has 0 amide bonds. The summed E-state index contributed by atoms with van der Waals surface area (Å²) in [7, 11) is 2.00. The molecule has 0 saturated carbocycles. The third-order valence-corrected chi connectivity index (χ3v) is 10.8. The lowest BCUT2D eigenvalue weighted by atomic mass is 9.33. The van der Waals surface area contributed by atoms with Gasteiger partial charge in [0.05, 0.1) is 5.70 Å². The average molecular weight is 678 g/mol. The van der Waals surface area contributed by atoms with Crippen molar-refractivity contribution in [1.29, 1.82) is 0 Å². The minimum absolute atomic E-state index is 0.00428. The average Bonchev–Trinajstić information content (AvgIpc) is 3.05. The first-order valence-electron chi connectivity index (χ1n) is 19.1. The molecule has 4 aromatic rings. The van der Waals surface area contributed by atoms with Gasteiger partial charge in [0, 0.05) is 41.1 Å². The Hall–Kier alpha value is -4.05. The third-order valence-electron chi connectivity index (χ3n) is 10.8. The van der Waals surface area contributed by atoms with E-state index in [9.17, 15) is 0 Å². The molecule has 4 heteroatoms. The molecule has 0 aliphatic carbocycles. The van der Waals surface area contributed by atoms with E-state index in [1.54, 1.807) is 0 Å². The van der Waals surface area contributed by atoms with E-state index in [1.807, 2.05) is 7.05 Å². The number of allylic oxidation sites excluding steroid dienone is 2. The zero-order valence-electron chi connectivity index (χ0n) is 33.9. The highest BCUT2D eigenvalue weighted by Gasteiger charge is 2.46. The van der Waals surface area contributed by atoms with Crippen LogP contribution in [0.25, 0.3) is 0 Å². The highest BCUT2D eigenvalue weighted by atomic mass is 15.2. The summed E-state index contributed by atoms with van der Waals surface area (Å²) in [6.45, 7) is 30.0. The molecule has 0 unspecified atom stereocenters. The number of nitrogens with zero attached hydrogens (tertiary/aromatic N) is 3. The summed E-state index contributed by atoms with van der Waals surface area (Å²) >= 11 is 0. The zero-order valence-corrected chi connectivity index (χ0v) is 33.9. The molecule has 51 heavy (non-hydrogen) atoms. The van der Waals surface area contributed by atoms with E-state index in [2.05, 4.69) is 185 Å². The highest BCUT2D eigenvalue weighted by molar-refractivity contribution is 7.13. The predicted octanol–water partition coefficient (Wildman–Crippen LogP) is 11.7. The minimum Gasteiger partial charge on any atom is -0.311 e. The molecule has 0 fully saturated rings. The van der Waals surface area contributed by atoms with Gasteiger partial charge >= 0.3 is 0 Å². The van der Waals surface area contributed by atoms with E-state index in [4.69, 9.17) is 4.99 Å². The Morgan fingerprint density at radius 3 is 1.45 bits per heavy atom. The van der Waals surface area contributed by atoms with Gasteiger partial charge in [0.2, 0.25) is 0 Å². The topological polar surface area (TPSA) is 18.8 Å². The number of aliphatic imine (C=N–C) groups is 1. The molecule has 0 spiro atoms. The summed E-state index contributed by atoms with van der Waals surface area (Å²) < 4.78 is 0. The van der Waals surface area contributed by atoms with Crippen LogP contribution in [0.2, 0.25) is 0 Å². The first kappa shape index (κ1) is 36.7. The van der Waals surface area contributed by atoms with Gasteiger partial charge in [-0.15, -0.1) is 0 Å². The largest absolute Gasteiger partial charge is 0.311 e. The molecule has 2 heterocycles. The third kappa shape index (κ3) is 6.72. The number of rotatable bonds is 4. The first-order chi connectivity index (χ1) is 23.8. The van der Waals surface area contributed by atoms with Gasteiger partial charge in [-0.05, 0) is 104 Å². The maximum atomic E-state index is 5.23. The molecule has 0 saturated heterocycles. The van der Waals surface area contributed by atoms with Crippen molar-refractivity contribution in [2.75, 3.05) is 16.8 Å². The molecule has 266 valence electrons. The van der Waals surface area contributed by atoms with Crippen molar-refractivity contribution in [2.24, 2.45) is 4.99 Å². The van der Waals surface area contributed by atoms with Crippen molar-refractivity contribution in [3.8, 4) is 0 Å². The van der Waals surface area contributed by atoms with Crippen LogP contribution in [0.4, 0.5) is 28.4 Å². The number of hydrogen-bond acceptors (Lipinski definition) is 3. The molecule has 0 aromatic heterocycles. The van der Waals surface area contributed by atoms with Crippen LogP contribution in [0.5, 0.6) is 0 Å². The van der Waals surface area contributed by atoms with Crippen LogP contribution in [0.1, 0.15) is 125 Å². The molecule has 2 aliphatic heterocycles. The van der Waals surface area contributed by atoms with Crippen molar-refractivity contribution < 1.29 is 0 Å². The van der Waals surface area contributed by atoms with Crippen LogP contribution in [-0.2, 0) is 21.7 Å². The zero-order chi connectivity index (χ0) is 37.3. The van der Waals surface area contributed by atoms with Gasteiger partial charge in [0.1, 0.15) is 0 Å². The van der Waals surface area contributed by atoms with Crippen molar-refractivity contribution in [2.45, 2.75) is 125 Å². The lowest BCUT2D eigenvalue weighted by Gasteiger charge is -2.46. The lowest BCUT2D eigenvalue weighted by Crippen LogP contribution is -2.61. The van der Waals surface area contributed by atoms with Crippen LogP contribution in [0.15, 0.2) is 95.6 Å². The van der Waals surface area contributed by atoms with Gasteiger partial charge in [-0.3, -0.25) is 4.99 Å². The Balaban J connectivity index is 1.74. The Kier molecular flexibility index (Phi) is 9.27. The summed E-state index contributed by atoms with van der Waals surface area (Å²) in [6, 6.07) is 30.7. The summed E-state index contributed by atoms with van der Waals surface area (Å²) in [5.74, 6) is 0. The van der Waals surface area contributed by atoms with Gasteiger partial charge in [-0.2, -0.15) is 0 Å². The summed E-state index contributed by atoms with van der Waals surface area (Å²) in [5, 5.41) is 0. The molecule has 4 aromatic carbocycles. The van der Waals surface area contributed by atoms with E-state index in [1.165, 1.54) is 67.3 Å². The van der Waals surface area contributed by atoms with Gasteiger partial charge in [-0.1, -0.05) is 139 Å². The summed E-state index contributed by atoms with van der Waals surface area (Å²) in [4.78, 5) is 10.3. The van der Waals surface area contributed by atoms with Crippen LogP contribution in [0, 0.1) is 0 Å². The molecule has 0 N–H and O–H groups in total. The number of hydrogen-bond donors (Lipinski definition) is 0. The van der Waals surface area contributed by atoms with Crippen molar-refractivity contribution >= 4 is 51.7 Å². The van der Waals surface area contributed by atoms with Gasteiger partial charge < -0.3 is 9.80 Å². The van der Waals surface area contributed by atoms with Crippen LogP contribution in [-0.4, -0.2) is 19.4 Å². The van der Waals surface area contributed by atoms with Crippen LogP contribution >= 0.6 is 0 Å². The second-order valence-electron chi connectivity index (χ2n) is 18.9. The monoisotopic (exact) mass is 677 g/mol.